The molecule has 1 nitrogen and oxygen atoms in total. The Morgan fingerprint density at radius 1 is 0.358 bits per heavy atom. The molecule has 11 rings (SSSR count). The first kappa shape index (κ1) is 16.6. The summed E-state index contributed by atoms with van der Waals surface area (Å²) in [6.45, 7) is 0. The third-order valence-electron chi connectivity index (χ3n) is 9.66. The highest BCUT2D eigenvalue weighted by Gasteiger charge is 2.18. The Kier molecular flexibility index (Phi) is 3.69. The molecule has 0 aliphatic heterocycles. The maximum atomic E-state index is 9.94. The second-order valence-corrected chi connectivity index (χ2v) is 12.6. The van der Waals surface area contributed by atoms with E-state index in [1.807, 2.05) is 54.6 Å². The second-order valence-electron chi connectivity index (χ2n) is 12.6. The molecule has 1 heteroatoms. The SMILES string of the molecule is [2H]c1c([2H])c([2H])c(-c2c3c([2H])c([2H])c([2H])c([2H])c3c(-c3c([2H])c([2H])c4c(-c5cccc6c5oc5cc(-c7ccc8ccccc8c7)ccc56)c([2H])c([2H])c([2H])c4c3[2H])c3c([2H])c([2H])c([2H])c([2H])c23)c([2H])c1[2H]. The standard InChI is InChI=1S/C52H32O/c1-2-13-34(14-3-1)50-43-17-6-8-19-45(43)51(46-20-9-7-18-44(46)50)39-27-28-40-38(31-39)16-10-21-41(40)47-22-11-23-48-42-29-26-37(32-49(42)53-52(47)48)36-25-24-33-12-4-5-15-35(33)30-36/h1-32H/i1D,2D,3D,6D,7D,8D,9D,10D,13D,14D,16D,17D,18D,19D,20D,21D,27D,28D,31D. The van der Waals surface area contributed by atoms with Crippen LogP contribution < -0.4 is 0 Å². The number of rotatable bonds is 4. The zero-order chi connectivity index (χ0) is 51.4. The van der Waals surface area contributed by atoms with Crippen molar-refractivity contribution in [3.05, 3.63) is 194 Å². The van der Waals surface area contributed by atoms with Crippen molar-refractivity contribution in [3.8, 4) is 44.5 Å². The number of hydrogen-bond acceptors (Lipinski definition) is 1. The Bertz CT molecular complexity index is 4220. The Hall–Kier alpha value is -6.96. The smallest absolute Gasteiger partial charge is 0.143 e. The fourth-order valence-electron chi connectivity index (χ4n) is 7.28. The molecule has 0 radical (unpaired) electrons. The molecule has 1 aromatic heterocycles. The number of para-hydroxylation sites is 1. The van der Waals surface area contributed by atoms with Crippen LogP contribution in [0.4, 0.5) is 0 Å². The molecule has 0 amide bonds. The van der Waals surface area contributed by atoms with Crippen molar-refractivity contribution in [2.24, 2.45) is 0 Å². The summed E-state index contributed by atoms with van der Waals surface area (Å²) in [7, 11) is 0. The van der Waals surface area contributed by atoms with E-state index in [9.17, 15) is 12.3 Å². The van der Waals surface area contributed by atoms with Crippen LogP contribution in [0.1, 0.15) is 26.0 Å². The second kappa shape index (κ2) is 11.8. The predicted octanol–water partition coefficient (Wildman–Crippen LogP) is 14.9. The molecule has 0 aliphatic carbocycles. The van der Waals surface area contributed by atoms with Gasteiger partial charge in [0.05, 0.1) is 26.0 Å². The zero-order valence-electron chi connectivity index (χ0n) is 46.4. The van der Waals surface area contributed by atoms with Gasteiger partial charge >= 0.3 is 0 Å². The molecule has 0 atom stereocenters. The van der Waals surface area contributed by atoms with Crippen molar-refractivity contribution in [3.63, 3.8) is 0 Å². The fourth-order valence-corrected chi connectivity index (χ4v) is 7.28. The van der Waals surface area contributed by atoms with Crippen LogP contribution in [0, 0.1) is 0 Å². The van der Waals surface area contributed by atoms with Gasteiger partial charge in [-0.15, -0.1) is 0 Å². The minimum absolute atomic E-state index is 0.126. The molecular formula is C52H32O. The highest BCUT2D eigenvalue weighted by atomic mass is 16.3. The van der Waals surface area contributed by atoms with E-state index in [0.717, 1.165) is 21.9 Å². The highest BCUT2D eigenvalue weighted by Crippen LogP contribution is 2.45. The largest absolute Gasteiger partial charge is 0.455 e. The predicted molar refractivity (Wildman–Crippen MR) is 225 cm³/mol. The van der Waals surface area contributed by atoms with Gasteiger partial charge in [0.2, 0.25) is 0 Å². The van der Waals surface area contributed by atoms with Crippen LogP contribution in [0.3, 0.4) is 0 Å². The van der Waals surface area contributed by atoms with Crippen molar-refractivity contribution in [2.75, 3.05) is 0 Å². The maximum absolute atomic E-state index is 9.94. The average molecular weight is 692 g/mol. The molecule has 1 heterocycles. The van der Waals surface area contributed by atoms with Crippen molar-refractivity contribution in [1.82, 2.24) is 0 Å². The van der Waals surface area contributed by atoms with Crippen molar-refractivity contribution < 1.29 is 30.5 Å². The van der Waals surface area contributed by atoms with Crippen LogP contribution in [0.5, 0.6) is 0 Å². The summed E-state index contributed by atoms with van der Waals surface area (Å²) in [6, 6.07) is 9.48. The molecular weight excluding hydrogens is 641 g/mol. The van der Waals surface area contributed by atoms with E-state index in [2.05, 4.69) is 6.07 Å². The summed E-state index contributed by atoms with van der Waals surface area (Å²) in [6.07, 6.45) is 0. The summed E-state index contributed by atoms with van der Waals surface area (Å²) in [4.78, 5) is 0. The summed E-state index contributed by atoms with van der Waals surface area (Å²) in [5.41, 5.74) is 0.138. The van der Waals surface area contributed by atoms with Crippen molar-refractivity contribution in [2.45, 2.75) is 0 Å². The molecule has 0 fully saturated rings. The third kappa shape index (κ3) is 4.71. The lowest BCUT2D eigenvalue weighted by molar-refractivity contribution is 0.670. The fraction of sp³-hybridized carbons (Fsp3) is 0. The van der Waals surface area contributed by atoms with Gasteiger partial charge in [-0.05, 0) is 106 Å². The van der Waals surface area contributed by atoms with Gasteiger partial charge in [0.15, 0.2) is 0 Å². The third-order valence-corrected chi connectivity index (χ3v) is 9.66. The van der Waals surface area contributed by atoms with E-state index in [4.69, 9.17) is 18.1 Å². The Morgan fingerprint density at radius 3 is 1.81 bits per heavy atom. The van der Waals surface area contributed by atoms with Crippen LogP contribution in [0.15, 0.2) is 198 Å². The van der Waals surface area contributed by atoms with Crippen LogP contribution in [-0.4, -0.2) is 0 Å². The van der Waals surface area contributed by atoms with E-state index >= 15 is 0 Å². The van der Waals surface area contributed by atoms with E-state index in [0.29, 0.717) is 16.4 Å². The minimum atomic E-state index is -0.870. The first-order valence-electron chi connectivity index (χ1n) is 26.2. The first-order chi connectivity index (χ1) is 34.2. The molecule has 0 saturated heterocycles. The van der Waals surface area contributed by atoms with Crippen LogP contribution in [0.25, 0.3) is 110 Å². The topological polar surface area (TPSA) is 13.1 Å². The van der Waals surface area contributed by atoms with Crippen LogP contribution >= 0.6 is 0 Å². The van der Waals surface area contributed by atoms with Gasteiger partial charge in [0, 0.05) is 16.3 Å². The van der Waals surface area contributed by atoms with Gasteiger partial charge in [-0.2, -0.15) is 0 Å². The Morgan fingerprint density at radius 2 is 1.04 bits per heavy atom. The van der Waals surface area contributed by atoms with E-state index in [1.165, 1.54) is 0 Å². The van der Waals surface area contributed by atoms with Crippen LogP contribution in [-0.2, 0) is 0 Å². The molecule has 53 heavy (non-hydrogen) atoms. The molecule has 0 N–H and O–H groups in total. The van der Waals surface area contributed by atoms with Gasteiger partial charge in [0.25, 0.3) is 0 Å². The molecule has 0 bridgehead atoms. The normalized spacial score (nSPS) is 16.8. The lowest BCUT2D eigenvalue weighted by Crippen LogP contribution is -1.91. The molecule has 246 valence electrons. The number of benzene rings is 10. The van der Waals surface area contributed by atoms with Gasteiger partial charge in [-0.1, -0.05) is 169 Å². The van der Waals surface area contributed by atoms with E-state index in [1.54, 1.807) is 18.2 Å². The van der Waals surface area contributed by atoms with E-state index in [-0.39, 0.29) is 22.1 Å². The molecule has 0 spiro atoms. The zero-order valence-corrected chi connectivity index (χ0v) is 27.4. The molecule has 11 aromatic rings. The van der Waals surface area contributed by atoms with Crippen LogP contribution in [0.2, 0.25) is 0 Å². The first-order valence-corrected chi connectivity index (χ1v) is 16.7. The molecule has 10 aromatic carbocycles. The van der Waals surface area contributed by atoms with Gasteiger partial charge < -0.3 is 4.42 Å². The summed E-state index contributed by atoms with van der Waals surface area (Å²) in [5.74, 6) is 0. The highest BCUT2D eigenvalue weighted by molar-refractivity contribution is 6.22. The van der Waals surface area contributed by atoms with Crippen molar-refractivity contribution in [1.29, 1.82) is 0 Å². The quantitative estimate of drug-likeness (QED) is 0.167. The number of hydrogen-bond donors (Lipinski definition) is 0. The maximum Gasteiger partial charge on any atom is 0.143 e. The van der Waals surface area contributed by atoms with E-state index < -0.39 is 164 Å². The molecule has 0 saturated carbocycles. The Balaban J connectivity index is 1.27. The van der Waals surface area contributed by atoms with Gasteiger partial charge in [-0.25, -0.2) is 0 Å². The summed E-state index contributed by atoms with van der Waals surface area (Å²) >= 11 is 0. The minimum Gasteiger partial charge on any atom is -0.455 e. The molecule has 0 unspecified atom stereocenters. The summed E-state index contributed by atoms with van der Waals surface area (Å²) in [5, 5.41) is 0.384. The van der Waals surface area contributed by atoms with Gasteiger partial charge in [-0.3, -0.25) is 0 Å². The average Bonchev–Trinajstić information content (AvgIpc) is 3.76. The number of furan rings is 1. The molecule has 0 aliphatic rings. The lowest BCUT2D eigenvalue weighted by Gasteiger charge is -2.18. The van der Waals surface area contributed by atoms with Gasteiger partial charge in [0.1, 0.15) is 11.2 Å². The Labute approximate surface area is 333 Å². The number of fused-ring (bicyclic) bond motifs is 7. The lowest BCUT2D eigenvalue weighted by atomic mass is 9.85. The van der Waals surface area contributed by atoms with Crippen molar-refractivity contribution >= 4 is 65.0 Å². The monoisotopic (exact) mass is 691 g/mol. The summed E-state index contributed by atoms with van der Waals surface area (Å²) < 4.78 is 179.